The summed E-state index contributed by atoms with van der Waals surface area (Å²) in [5.74, 6) is -0.000653. The van der Waals surface area contributed by atoms with E-state index in [0.29, 0.717) is 28.0 Å². The van der Waals surface area contributed by atoms with E-state index in [2.05, 4.69) is 30.6 Å². The van der Waals surface area contributed by atoms with Crippen LogP contribution in [0.1, 0.15) is 37.9 Å². The van der Waals surface area contributed by atoms with Gasteiger partial charge in [-0.3, -0.25) is 4.79 Å². The van der Waals surface area contributed by atoms with Gasteiger partial charge in [0.2, 0.25) is 0 Å². The van der Waals surface area contributed by atoms with Gasteiger partial charge in [-0.1, -0.05) is 61.3 Å². The van der Waals surface area contributed by atoms with Crippen molar-refractivity contribution in [1.29, 1.82) is 0 Å². The number of halogens is 2. The molecule has 1 saturated heterocycles. The number of carbonyl (C=O) groups is 1. The average Bonchev–Trinajstić information content (AvgIpc) is 3.47. The second-order valence-corrected chi connectivity index (χ2v) is 12.5. The van der Waals surface area contributed by atoms with E-state index in [4.69, 9.17) is 28.2 Å². The molecule has 196 valence electrons. The van der Waals surface area contributed by atoms with Crippen LogP contribution < -0.4 is 0 Å². The zero-order valence-corrected chi connectivity index (χ0v) is 24.0. The number of carbonyl (C=O) groups excluding carboxylic acids is 1. The van der Waals surface area contributed by atoms with Crippen LogP contribution in [0.5, 0.6) is 0 Å². The van der Waals surface area contributed by atoms with E-state index in [9.17, 15) is 9.90 Å². The molecule has 0 bridgehead atoms. The first-order valence-corrected chi connectivity index (χ1v) is 14.0. The first-order valence-electron chi connectivity index (χ1n) is 12.5. The number of likely N-dealkylation sites (tertiary alicyclic amines) is 1. The van der Waals surface area contributed by atoms with E-state index in [1.807, 2.05) is 55.6 Å². The number of rotatable bonds is 5. The molecule has 4 atom stereocenters. The molecule has 0 saturated carbocycles. The predicted octanol–water partition coefficient (Wildman–Crippen LogP) is 5.37. The minimum atomic E-state index is -0.605. The quantitative estimate of drug-likeness (QED) is 0.534. The van der Waals surface area contributed by atoms with E-state index in [0.717, 1.165) is 22.0 Å². The Balaban J connectivity index is 1.60. The number of thioether (sulfide) groups is 1. The maximum atomic E-state index is 13.9. The Bertz CT molecular complexity index is 1260. The number of hydrogen-bond donors (Lipinski definition) is 1. The van der Waals surface area contributed by atoms with Crippen LogP contribution in [0, 0.1) is 5.92 Å². The fourth-order valence-electron chi connectivity index (χ4n) is 5.71. The highest BCUT2D eigenvalue weighted by Gasteiger charge is 2.53. The van der Waals surface area contributed by atoms with Crippen molar-refractivity contribution in [1.82, 2.24) is 14.7 Å². The summed E-state index contributed by atoms with van der Waals surface area (Å²) >= 11 is 13.9. The maximum absolute atomic E-state index is 13.9. The van der Waals surface area contributed by atoms with Crippen LogP contribution in [0.25, 0.3) is 0 Å². The maximum Gasteiger partial charge on any atom is 0.262 e. The Labute approximate surface area is 232 Å². The lowest BCUT2D eigenvalue weighted by molar-refractivity contribution is -0.128. The summed E-state index contributed by atoms with van der Waals surface area (Å²) in [5, 5.41) is 12.7. The van der Waals surface area contributed by atoms with Gasteiger partial charge in [0.1, 0.15) is 10.4 Å². The molecule has 1 N–H and O–H groups in total. The van der Waals surface area contributed by atoms with Gasteiger partial charge in [0, 0.05) is 35.9 Å². The Morgan fingerprint density at radius 3 is 2.24 bits per heavy atom. The predicted molar refractivity (Wildman–Crippen MR) is 152 cm³/mol. The highest BCUT2D eigenvalue weighted by atomic mass is 35.5. The van der Waals surface area contributed by atoms with E-state index in [1.165, 1.54) is 11.8 Å². The topological polar surface area (TPSA) is 59.4 Å². The highest BCUT2D eigenvalue weighted by molar-refractivity contribution is 8.18. The summed E-state index contributed by atoms with van der Waals surface area (Å²) in [5.41, 5.74) is 2.46. The number of benzene rings is 2. The zero-order valence-electron chi connectivity index (χ0n) is 21.7. The molecule has 0 aromatic heterocycles. The monoisotopic (exact) mass is 558 g/mol. The second-order valence-electron chi connectivity index (χ2n) is 10.6. The third-order valence-electron chi connectivity index (χ3n) is 7.63. The first kappa shape index (κ1) is 26.6. The van der Waals surface area contributed by atoms with Crippen molar-refractivity contribution < 1.29 is 9.90 Å². The summed E-state index contributed by atoms with van der Waals surface area (Å²) in [6.07, 6.45) is -0.569. The number of hydrogen-bond acceptors (Lipinski definition) is 6. The minimum Gasteiger partial charge on any atom is -0.390 e. The van der Waals surface area contributed by atoms with Gasteiger partial charge < -0.3 is 19.8 Å². The van der Waals surface area contributed by atoms with Gasteiger partial charge in [-0.15, -0.1) is 0 Å². The van der Waals surface area contributed by atoms with Crippen LogP contribution in [0.15, 0.2) is 64.1 Å². The van der Waals surface area contributed by atoms with Crippen LogP contribution in [0.2, 0.25) is 10.0 Å². The minimum absolute atomic E-state index is 0.0751. The number of fused-ring (bicyclic) bond motifs is 1. The number of β-amino-alcohol motifs (C(OH)–C–C–N with tert-alkyl or cyclic N) is 1. The molecule has 1 amide bonds. The molecule has 2 aromatic carbocycles. The lowest BCUT2D eigenvalue weighted by atomic mass is 9.81. The van der Waals surface area contributed by atoms with Gasteiger partial charge in [-0.25, -0.2) is 4.99 Å². The van der Waals surface area contributed by atoms with E-state index >= 15 is 0 Å². The normalized spacial score (nSPS) is 27.8. The number of aliphatic imine (C=N–C) groups is 1. The van der Waals surface area contributed by atoms with E-state index < -0.39 is 11.6 Å². The van der Waals surface area contributed by atoms with Crippen molar-refractivity contribution in [3.63, 3.8) is 0 Å². The molecule has 1 fully saturated rings. The molecule has 0 aliphatic carbocycles. The van der Waals surface area contributed by atoms with Crippen LogP contribution in [0.3, 0.4) is 0 Å². The number of amides is 1. The highest BCUT2D eigenvalue weighted by Crippen LogP contribution is 2.56. The number of amidine groups is 1. The van der Waals surface area contributed by atoms with Crippen molar-refractivity contribution in [3.05, 3.63) is 80.3 Å². The molecule has 0 spiro atoms. The zero-order chi connectivity index (χ0) is 26.6. The summed E-state index contributed by atoms with van der Waals surface area (Å²) < 4.78 is 0. The van der Waals surface area contributed by atoms with Gasteiger partial charge in [0.05, 0.1) is 18.2 Å². The fraction of sp³-hybridized carbons (Fsp3) is 0.429. The Hall–Kier alpha value is -2.03. The van der Waals surface area contributed by atoms with E-state index in [1.54, 1.807) is 11.9 Å². The molecular weight excluding hydrogens is 527 g/mol. The molecule has 3 aliphatic rings. The van der Waals surface area contributed by atoms with Crippen LogP contribution in [-0.2, 0) is 10.3 Å². The molecular formula is C28H32Cl2N4O2S. The van der Waals surface area contributed by atoms with Crippen LogP contribution in [-0.4, -0.2) is 70.2 Å². The molecule has 0 radical (unpaired) electrons. The van der Waals surface area contributed by atoms with E-state index in [-0.39, 0.29) is 23.9 Å². The third-order valence-corrected chi connectivity index (χ3v) is 9.19. The molecule has 9 heteroatoms. The fourth-order valence-corrected chi connectivity index (χ4v) is 7.35. The summed E-state index contributed by atoms with van der Waals surface area (Å²) in [7, 11) is 3.75. The Kier molecular flexibility index (Phi) is 7.13. The lowest BCUT2D eigenvalue weighted by Gasteiger charge is -2.37. The summed E-state index contributed by atoms with van der Waals surface area (Å²) in [4.78, 5) is 25.8. The van der Waals surface area contributed by atoms with Gasteiger partial charge in [-0.2, -0.15) is 0 Å². The average molecular weight is 560 g/mol. The van der Waals surface area contributed by atoms with Crippen molar-refractivity contribution in [2.45, 2.75) is 44.5 Å². The lowest BCUT2D eigenvalue weighted by Crippen LogP contribution is -2.45. The third kappa shape index (κ3) is 4.59. The Morgan fingerprint density at radius 1 is 1.11 bits per heavy atom. The number of nitrogens with zero attached hydrogens (tertiary/aromatic N) is 4. The first-order chi connectivity index (χ1) is 17.5. The largest absolute Gasteiger partial charge is 0.390 e. The summed E-state index contributed by atoms with van der Waals surface area (Å²) in [6.45, 7) is 7.56. The summed E-state index contributed by atoms with van der Waals surface area (Å²) in [6, 6.07) is 15.3. The molecule has 3 aliphatic heterocycles. The molecule has 5 rings (SSSR count). The number of likely N-dealkylation sites (N-methyl/N-ethyl adjacent to an activating group) is 2. The van der Waals surface area contributed by atoms with Gasteiger partial charge in [0.15, 0.2) is 5.17 Å². The van der Waals surface area contributed by atoms with Gasteiger partial charge in [0.25, 0.3) is 5.91 Å². The smallest absolute Gasteiger partial charge is 0.262 e. The molecule has 3 heterocycles. The van der Waals surface area contributed by atoms with Crippen LogP contribution in [0.4, 0.5) is 0 Å². The second kappa shape index (κ2) is 9.93. The molecule has 0 unspecified atom stereocenters. The van der Waals surface area contributed by atoms with Crippen molar-refractivity contribution in [2.75, 3.05) is 27.2 Å². The number of aliphatic hydroxyl groups is 1. The standard InChI is InChI=1S/C28H32Cl2N4O2S/c1-16(2)23-24(26(36)33(5)21-14-32(4)15-22(21)35)37-27-31-28(3,18-8-12-20(30)13-9-18)25(34(23)27)17-6-10-19(29)11-7-17/h6-13,16,21-22,25,35H,14-15H2,1-5H3/t21-,22-,25+,28-/m0/s1. The molecule has 6 nitrogen and oxygen atoms in total. The number of allylic oxidation sites excluding steroid dienone is 1. The van der Waals surface area contributed by atoms with Gasteiger partial charge >= 0.3 is 0 Å². The van der Waals surface area contributed by atoms with Crippen molar-refractivity contribution in [3.8, 4) is 0 Å². The van der Waals surface area contributed by atoms with Crippen molar-refractivity contribution >= 4 is 46.0 Å². The van der Waals surface area contributed by atoms with Gasteiger partial charge in [-0.05, 0) is 67.0 Å². The molecule has 37 heavy (non-hydrogen) atoms. The Morgan fingerprint density at radius 2 is 1.70 bits per heavy atom. The SMILES string of the molecule is CC(C)C1=C(C(=O)N(C)[C@H]2CN(C)C[C@@H]2O)SC2=N[C@@](C)(c3ccc(Cl)cc3)[C@@H](c3ccc(Cl)cc3)N21. The van der Waals surface area contributed by atoms with Crippen LogP contribution >= 0.6 is 35.0 Å². The number of aliphatic hydroxyl groups excluding tert-OH is 1. The van der Waals surface area contributed by atoms with Crippen molar-refractivity contribution in [2.24, 2.45) is 10.9 Å². The molecule has 2 aromatic rings.